The zero-order valence-corrected chi connectivity index (χ0v) is 10.5. The van der Waals surface area contributed by atoms with Crippen LogP contribution in [-0.4, -0.2) is 9.78 Å². The first-order valence-corrected chi connectivity index (χ1v) is 5.75. The molecule has 0 aliphatic carbocycles. The van der Waals surface area contributed by atoms with Crippen molar-refractivity contribution in [2.75, 3.05) is 5.73 Å². The summed E-state index contributed by atoms with van der Waals surface area (Å²) >= 11 is 5.90. The third-order valence-corrected chi connectivity index (χ3v) is 2.83. The fourth-order valence-corrected chi connectivity index (χ4v) is 1.89. The van der Waals surface area contributed by atoms with Gasteiger partial charge in [0.05, 0.1) is 11.4 Å². The number of nitrogens with two attached hydrogens (primary N) is 1. The molecule has 3 N–H and O–H groups in total. The number of nitrogens with one attached hydrogen (secondary N) is 1. The van der Waals surface area contributed by atoms with Gasteiger partial charge in [0.2, 0.25) is 0 Å². The molecule has 0 amide bonds. The summed E-state index contributed by atoms with van der Waals surface area (Å²) in [4.78, 5) is 12.0. The number of benzene rings is 1. The predicted molar refractivity (Wildman–Crippen MR) is 69.9 cm³/mol. The van der Waals surface area contributed by atoms with Gasteiger partial charge < -0.3 is 5.73 Å². The van der Waals surface area contributed by atoms with Crippen LogP contribution in [-0.2, 0) is 0 Å². The minimum atomic E-state index is -0.240. The Kier molecular flexibility index (Phi) is 2.98. The second-order valence-electron chi connectivity index (χ2n) is 4.21. The van der Waals surface area contributed by atoms with E-state index in [9.17, 15) is 4.79 Å². The number of rotatable bonds is 2. The van der Waals surface area contributed by atoms with Gasteiger partial charge in [0.25, 0.3) is 5.56 Å². The Bertz CT molecular complexity index is 598. The maximum absolute atomic E-state index is 12.0. The van der Waals surface area contributed by atoms with E-state index in [-0.39, 0.29) is 17.2 Å². The van der Waals surface area contributed by atoms with Gasteiger partial charge in [-0.2, -0.15) is 0 Å². The lowest BCUT2D eigenvalue weighted by atomic mass is 10.1. The normalized spacial score (nSPS) is 11.1. The Labute approximate surface area is 104 Å². The van der Waals surface area contributed by atoms with Crippen LogP contribution in [0.15, 0.2) is 29.1 Å². The van der Waals surface area contributed by atoms with Crippen LogP contribution in [0.25, 0.3) is 5.69 Å². The molecule has 90 valence electrons. The molecule has 0 radical (unpaired) electrons. The van der Waals surface area contributed by atoms with Crippen LogP contribution in [0, 0.1) is 0 Å². The molecule has 0 saturated heterocycles. The molecule has 0 atom stereocenters. The summed E-state index contributed by atoms with van der Waals surface area (Å²) in [6.07, 6.45) is 0. The molecule has 1 aromatic heterocycles. The van der Waals surface area contributed by atoms with Gasteiger partial charge in [0, 0.05) is 5.02 Å². The average molecular weight is 252 g/mol. The Hall–Kier alpha value is -1.68. The quantitative estimate of drug-likeness (QED) is 0.862. The maximum atomic E-state index is 12.0. The molecule has 0 fully saturated rings. The molecular formula is C12H14ClN3O. The van der Waals surface area contributed by atoms with E-state index in [4.69, 9.17) is 17.3 Å². The maximum Gasteiger partial charge on any atom is 0.294 e. The predicted octanol–water partition coefficient (Wildman–Crippen LogP) is 2.52. The Morgan fingerprint density at radius 2 is 2.12 bits per heavy atom. The minimum Gasteiger partial charge on any atom is -0.393 e. The van der Waals surface area contributed by atoms with Crippen LogP contribution in [0.1, 0.15) is 25.5 Å². The number of hydrogen-bond acceptors (Lipinski definition) is 2. The van der Waals surface area contributed by atoms with Gasteiger partial charge in [0.1, 0.15) is 5.69 Å². The van der Waals surface area contributed by atoms with Crippen molar-refractivity contribution in [3.63, 3.8) is 0 Å². The number of halogens is 1. The van der Waals surface area contributed by atoms with E-state index < -0.39 is 0 Å². The highest BCUT2D eigenvalue weighted by atomic mass is 35.5. The summed E-state index contributed by atoms with van der Waals surface area (Å²) in [5.74, 6) is 0.170. The molecule has 1 heterocycles. The van der Waals surface area contributed by atoms with Crippen molar-refractivity contribution in [3.05, 3.63) is 45.3 Å². The number of hydrogen-bond donors (Lipinski definition) is 2. The van der Waals surface area contributed by atoms with Gasteiger partial charge in [-0.25, -0.2) is 4.68 Å². The van der Waals surface area contributed by atoms with E-state index in [1.54, 1.807) is 24.3 Å². The highest BCUT2D eigenvalue weighted by Gasteiger charge is 2.14. The third-order valence-electron chi connectivity index (χ3n) is 2.60. The first-order chi connectivity index (χ1) is 8.00. The average Bonchev–Trinajstić information content (AvgIpc) is 2.56. The van der Waals surface area contributed by atoms with E-state index in [1.165, 1.54) is 4.68 Å². The number of aromatic nitrogens is 2. The molecule has 4 nitrogen and oxygen atoms in total. The largest absolute Gasteiger partial charge is 0.393 e. The second kappa shape index (κ2) is 4.30. The van der Waals surface area contributed by atoms with E-state index >= 15 is 0 Å². The summed E-state index contributed by atoms with van der Waals surface area (Å²) in [6.45, 7) is 3.95. The van der Waals surface area contributed by atoms with E-state index in [1.807, 2.05) is 13.8 Å². The van der Waals surface area contributed by atoms with Crippen molar-refractivity contribution in [3.8, 4) is 5.69 Å². The number of aromatic amines is 1. The minimum absolute atomic E-state index is 0.170. The molecule has 0 bridgehead atoms. The van der Waals surface area contributed by atoms with Crippen LogP contribution in [0.5, 0.6) is 0 Å². The van der Waals surface area contributed by atoms with E-state index in [2.05, 4.69) is 5.10 Å². The standard InChI is InChI=1S/C12H14ClN3O/c1-7(2)11-10(14)12(17)16(15-11)9-5-3-4-8(13)6-9/h3-7,15H,14H2,1-2H3. The lowest BCUT2D eigenvalue weighted by Gasteiger charge is -2.03. The lowest BCUT2D eigenvalue weighted by Crippen LogP contribution is -2.16. The van der Waals surface area contributed by atoms with Crippen molar-refractivity contribution in [1.82, 2.24) is 9.78 Å². The van der Waals surface area contributed by atoms with Gasteiger partial charge in [0.15, 0.2) is 0 Å². The molecule has 0 unspecified atom stereocenters. The van der Waals surface area contributed by atoms with Crippen molar-refractivity contribution < 1.29 is 0 Å². The molecule has 1 aromatic carbocycles. The summed E-state index contributed by atoms with van der Waals surface area (Å²) in [6, 6.07) is 7.05. The van der Waals surface area contributed by atoms with Crippen molar-refractivity contribution >= 4 is 17.3 Å². The zero-order chi connectivity index (χ0) is 12.6. The molecule has 0 spiro atoms. The van der Waals surface area contributed by atoms with Gasteiger partial charge >= 0.3 is 0 Å². The third kappa shape index (κ3) is 2.08. The smallest absolute Gasteiger partial charge is 0.294 e. The molecular weight excluding hydrogens is 238 g/mol. The zero-order valence-electron chi connectivity index (χ0n) is 9.70. The molecule has 17 heavy (non-hydrogen) atoms. The summed E-state index contributed by atoms with van der Waals surface area (Å²) in [5, 5.41) is 3.59. The van der Waals surface area contributed by atoms with Gasteiger partial charge in [-0.1, -0.05) is 31.5 Å². The second-order valence-corrected chi connectivity index (χ2v) is 4.65. The van der Waals surface area contributed by atoms with Gasteiger partial charge in [-0.3, -0.25) is 9.89 Å². The van der Waals surface area contributed by atoms with Crippen LogP contribution < -0.4 is 11.3 Å². The Balaban J connectivity index is 2.61. The number of H-pyrrole nitrogens is 1. The summed E-state index contributed by atoms with van der Waals surface area (Å²) in [7, 11) is 0. The lowest BCUT2D eigenvalue weighted by molar-refractivity contribution is 0.761. The first-order valence-electron chi connectivity index (χ1n) is 5.37. The van der Waals surface area contributed by atoms with Crippen LogP contribution in [0.4, 0.5) is 5.69 Å². The number of nitrogens with zero attached hydrogens (tertiary/aromatic N) is 1. The summed E-state index contributed by atoms with van der Waals surface area (Å²) in [5.41, 5.74) is 7.23. The number of nitrogen functional groups attached to an aromatic ring is 1. The molecule has 2 aromatic rings. The fourth-order valence-electron chi connectivity index (χ4n) is 1.70. The van der Waals surface area contributed by atoms with Crippen molar-refractivity contribution in [2.45, 2.75) is 19.8 Å². The summed E-state index contributed by atoms with van der Waals surface area (Å²) < 4.78 is 1.41. The molecule has 0 aliphatic rings. The Morgan fingerprint density at radius 3 is 2.65 bits per heavy atom. The SMILES string of the molecule is CC(C)c1[nH]n(-c2cccc(Cl)c2)c(=O)c1N. The fraction of sp³-hybridized carbons (Fsp3) is 0.250. The monoisotopic (exact) mass is 251 g/mol. The van der Waals surface area contributed by atoms with Crippen molar-refractivity contribution in [2.24, 2.45) is 0 Å². The Morgan fingerprint density at radius 1 is 1.41 bits per heavy atom. The van der Waals surface area contributed by atoms with E-state index in [0.29, 0.717) is 10.7 Å². The highest BCUT2D eigenvalue weighted by Crippen LogP contribution is 2.19. The topological polar surface area (TPSA) is 63.8 Å². The van der Waals surface area contributed by atoms with Crippen LogP contribution >= 0.6 is 11.6 Å². The first kappa shape index (κ1) is 11.8. The highest BCUT2D eigenvalue weighted by molar-refractivity contribution is 6.30. The molecule has 2 rings (SSSR count). The van der Waals surface area contributed by atoms with Crippen LogP contribution in [0.2, 0.25) is 5.02 Å². The molecule has 0 saturated carbocycles. The van der Waals surface area contributed by atoms with Gasteiger partial charge in [-0.15, -0.1) is 0 Å². The van der Waals surface area contributed by atoms with Gasteiger partial charge in [-0.05, 0) is 24.1 Å². The molecule has 0 aliphatic heterocycles. The van der Waals surface area contributed by atoms with Crippen LogP contribution in [0.3, 0.4) is 0 Å². The van der Waals surface area contributed by atoms with Crippen molar-refractivity contribution in [1.29, 1.82) is 0 Å². The molecule has 5 heteroatoms. The van der Waals surface area contributed by atoms with E-state index in [0.717, 1.165) is 5.69 Å². The number of anilines is 1.